The lowest BCUT2D eigenvalue weighted by molar-refractivity contribution is -0.133. The number of hydrogen-bond acceptors (Lipinski definition) is 8. The number of unbranched alkanes of at least 4 members (excludes halogenated alkanes) is 7. The van der Waals surface area contributed by atoms with Crippen LogP contribution in [0.2, 0.25) is 0 Å². The number of hydrogen-bond donors (Lipinski definition) is 4. The van der Waals surface area contributed by atoms with Crippen molar-refractivity contribution in [2.45, 2.75) is 122 Å². The van der Waals surface area contributed by atoms with Gasteiger partial charge in [0.05, 0.1) is 25.3 Å². The summed E-state index contributed by atoms with van der Waals surface area (Å²) >= 11 is 0. The number of carbonyl (C=O) groups is 2. The molecule has 0 aliphatic heterocycles. The third kappa shape index (κ3) is 22.4. The number of amides is 2. The van der Waals surface area contributed by atoms with E-state index in [9.17, 15) is 9.59 Å². The lowest BCUT2D eigenvalue weighted by Gasteiger charge is -2.26. The molecule has 0 unspecified atom stereocenters. The average molecular weight is 831 g/mol. The Bertz CT molecular complexity index is 1200. The first-order chi connectivity index (χ1) is 23.9. The van der Waals surface area contributed by atoms with E-state index in [4.69, 9.17) is 32.4 Å². The van der Waals surface area contributed by atoms with Gasteiger partial charge in [-0.05, 0) is 94.1 Å². The summed E-state index contributed by atoms with van der Waals surface area (Å²) in [4.78, 5) is 30.0. The number of nitrogens with two attached hydrogens (primary N) is 4. The molecule has 2 aromatic rings. The van der Waals surface area contributed by atoms with Gasteiger partial charge in [-0.1, -0.05) is 70.9 Å². The van der Waals surface area contributed by atoms with Crippen LogP contribution < -0.4 is 32.4 Å². The van der Waals surface area contributed by atoms with Crippen LogP contribution in [0.15, 0.2) is 36.4 Å². The van der Waals surface area contributed by atoms with E-state index in [1.807, 2.05) is 40.1 Å². The zero-order chi connectivity index (χ0) is 35.7. The molecule has 0 bridgehead atoms. The second-order valence-electron chi connectivity index (χ2n) is 13.2. The van der Waals surface area contributed by atoms with Gasteiger partial charge in [0.2, 0.25) is 11.8 Å². The number of ether oxygens (including phenoxy) is 2. The minimum Gasteiger partial charge on any atom is -0.494 e. The SMILES string of the molecule is CCCCCCN(CCCOc1ccc2c(OCCCN(CCCCCC)C(=O)[C@@H](N)CCCCN)cccc2c1)C(=O)[C@@H](N)CCCN.Cl.Cl.Cl.Cl. The van der Waals surface area contributed by atoms with Gasteiger partial charge < -0.3 is 42.2 Å². The molecule has 10 nitrogen and oxygen atoms in total. The highest BCUT2D eigenvalue weighted by Crippen LogP contribution is 2.29. The minimum atomic E-state index is -0.501. The van der Waals surface area contributed by atoms with Gasteiger partial charge in [-0.3, -0.25) is 9.59 Å². The maximum atomic E-state index is 13.1. The van der Waals surface area contributed by atoms with E-state index in [0.717, 1.165) is 106 Å². The van der Waals surface area contributed by atoms with Crippen molar-refractivity contribution in [3.63, 3.8) is 0 Å². The lowest BCUT2D eigenvalue weighted by atomic mass is 10.1. The van der Waals surface area contributed by atoms with Crippen molar-refractivity contribution < 1.29 is 19.1 Å². The Morgan fingerprint density at radius 1 is 0.604 bits per heavy atom. The molecule has 0 heterocycles. The second-order valence-corrected chi connectivity index (χ2v) is 13.2. The molecule has 310 valence electrons. The molecular weight excluding hydrogens is 758 g/mol. The van der Waals surface area contributed by atoms with Crippen molar-refractivity contribution in [3.8, 4) is 11.5 Å². The summed E-state index contributed by atoms with van der Waals surface area (Å²) in [5, 5.41) is 2.05. The van der Waals surface area contributed by atoms with Crippen LogP contribution in [0, 0.1) is 0 Å². The summed E-state index contributed by atoms with van der Waals surface area (Å²) in [5.41, 5.74) is 23.7. The second kappa shape index (κ2) is 34.7. The van der Waals surface area contributed by atoms with E-state index in [0.29, 0.717) is 52.2 Å². The highest BCUT2D eigenvalue weighted by Gasteiger charge is 2.21. The van der Waals surface area contributed by atoms with Crippen molar-refractivity contribution in [2.24, 2.45) is 22.9 Å². The number of rotatable bonds is 29. The molecule has 0 aliphatic carbocycles. The van der Waals surface area contributed by atoms with Crippen molar-refractivity contribution in [3.05, 3.63) is 36.4 Å². The Hall–Kier alpha value is -1.76. The highest BCUT2D eigenvalue weighted by atomic mass is 35.5. The molecule has 2 rings (SSSR count). The molecule has 2 atom stereocenters. The average Bonchev–Trinajstić information content (AvgIpc) is 3.11. The van der Waals surface area contributed by atoms with Gasteiger partial charge in [-0.2, -0.15) is 0 Å². The van der Waals surface area contributed by atoms with Crippen LogP contribution in [-0.2, 0) is 9.59 Å². The van der Waals surface area contributed by atoms with Crippen LogP contribution >= 0.6 is 49.6 Å². The predicted octanol–water partition coefficient (Wildman–Crippen LogP) is 7.41. The predicted molar refractivity (Wildman–Crippen MR) is 232 cm³/mol. The third-order valence-electron chi connectivity index (χ3n) is 8.99. The first kappa shape index (κ1) is 55.6. The zero-order valence-corrected chi connectivity index (χ0v) is 35.6. The molecule has 2 amide bonds. The highest BCUT2D eigenvalue weighted by molar-refractivity contribution is 5.89. The van der Waals surface area contributed by atoms with Crippen LogP contribution in [0.4, 0.5) is 0 Å². The number of carbonyl (C=O) groups excluding carboxylic acids is 2. The molecule has 0 saturated carbocycles. The molecule has 0 spiro atoms. The molecule has 8 N–H and O–H groups in total. The monoisotopic (exact) mass is 828 g/mol. The molecule has 2 aromatic carbocycles. The van der Waals surface area contributed by atoms with Gasteiger partial charge in [0.15, 0.2) is 0 Å². The van der Waals surface area contributed by atoms with Gasteiger partial charge in [-0.15, -0.1) is 49.6 Å². The number of fused-ring (bicyclic) bond motifs is 1. The standard InChI is InChI=1S/C39H68N6O4.4ClH/c1-3-5-7-11-25-44(39(47)36(43)19-14-24-41)27-15-29-48-33-21-22-34-32(31-33)17-13-20-37(34)49-30-16-28-45(26-12-8-6-4-2)38(46)35(42)18-9-10-23-40;;;;/h13,17,20-22,31,35-36H,3-12,14-16,18-19,23-30,40-43H2,1-2H3;4*1H/t35-,36-;;;;/m0..../s1. The molecule has 0 radical (unpaired) electrons. The molecule has 0 saturated heterocycles. The van der Waals surface area contributed by atoms with E-state index in [2.05, 4.69) is 19.9 Å². The van der Waals surface area contributed by atoms with Gasteiger partial charge in [0.1, 0.15) is 11.5 Å². The molecule has 14 heteroatoms. The Balaban J connectivity index is -0.00000625. The first-order valence-corrected chi connectivity index (χ1v) is 19.1. The van der Waals surface area contributed by atoms with Crippen molar-refractivity contribution in [2.75, 3.05) is 52.5 Å². The third-order valence-corrected chi connectivity index (χ3v) is 8.99. The van der Waals surface area contributed by atoms with Gasteiger partial charge in [0, 0.05) is 31.6 Å². The summed E-state index contributed by atoms with van der Waals surface area (Å²) in [6.07, 6.45) is 14.1. The Kier molecular flexibility index (Phi) is 36.4. The fourth-order valence-electron chi connectivity index (χ4n) is 6.02. The minimum absolute atomic E-state index is 0. The maximum Gasteiger partial charge on any atom is 0.239 e. The molecule has 0 aromatic heterocycles. The van der Waals surface area contributed by atoms with Gasteiger partial charge in [-0.25, -0.2) is 0 Å². The lowest BCUT2D eigenvalue weighted by Crippen LogP contribution is -2.45. The quantitative estimate of drug-likeness (QED) is 0.0617. The largest absolute Gasteiger partial charge is 0.494 e. The fourth-order valence-corrected chi connectivity index (χ4v) is 6.02. The van der Waals surface area contributed by atoms with E-state index in [1.54, 1.807) is 0 Å². The summed E-state index contributed by atoms with van der Waals surface area (Å²) in [5.74, 6) is 1.64. The van der Waals surface area contributed by atoms with E-state index in [1.165, 1.54) is 12.8 Å². The first-order valence-electron chi connectivity index (χ1n) is 19.1. The number of halogens is 4. The van der Waals surface area contributed by atoms with Crippen LogP contribution in [-0.4, -0.2) is 86.2 Å². The van der Waals surface area contributed by atoms with E-state index < -0.39 is 12.1 Å². The van der Waals surface area contributed by atoms with Crippen molar-refractivity contribution >= 4 is 72.2 Å². The molecule has 0 fully saturated rings. The summed E-state index contributed by atoms with van der Waals surface area (Å²) in [6.45, 7) is 9.24. The van der Waals surface area contributed by atoms with E-state index in [-0.39, 0.29) is 61.4 Å². The topological polar surface area (TPSA) is 163 Å². The fraction of sp³-hybridized carbons (Fsp3) is 0.692. The molecular formula is C39H72Cl4N6O4. The van der Waals surface area contributed by atoms with Gasteiger partial charge >= 0.3 is 0 Å². The Labute approximate surface area is 345 Å². The summed E-state index contributed by atoms with van der Waals surface area (Å²) in [6, 6.07) is 11.1. The molecule has 0 aliphatic rings. The smallest absolute Gasteiger partial charge is 0.239 e. The number of nitrogens with zero attached hydrogens (tertiary/aromatic N) is 2. The van der Waals surface area contributed by atoms with Gasteiger partial charge in [0.25, 0.3) is 0 Å². The molecule has 53 heavy (non-hydrogen) atoms. The maximum absolute atomic E-state index is 13.1. The normalized spacial score (nSPS) is 11.6. The van der Waals surface area contributed by atoms with Crippen LogP contribution in [0.5, 0.6) is 11.5 Å². The van der Waals surface area contributed by atoms with Crippen LogP contribution in [0.3, 0.4) is 0 Å². The Morgan fingerprint density at radius 3 is 1.64 bits per heavy atom. The Morgan fingerprint density at radius 2 is 1.11 bits per heavy atom. The van der Waals surface area contributed by atoms with E-state index >= 15 is 0 Å². The van der Waals surface area contributed by atoms with Crippen LogP contribution in [0.25, 0.3) is 10.8 Å². The number of benzene rings is 2. The zero-order valence-electron chi connectivity index (χ0n) is 32.4. The van der Waals surface area contributed by atoms with Crippen LogP contribution in [0.1, 0.15) is 110 Å². The van der Waals surface area contributed by atoms with Crippen molar-refractivity contribution in [1.82, 2.24) is 9.80 Å². The van der Waals surface area contributed by atoms with Crippen molar-refractivity contribution in [1.29, 1.82) is 0 Å². The summed E-state index contributed by atoms with van der Waals surface area (Å²) < 4.78 is 12.3. The summed E-state index contributed by atoms with van der Waals surface area (Å²) in [7, 11) is 0.